The van der Waals surface area contributed by atoms with Crippen LogP contribution in [0.15, 0.2) is 36.5 Å². The number of benzene rings is 1. The van der Waals surface area contributed by atoms with Crippen LogP contribution in [0.2, 0.25) is 0 Å². The Morgan fingerprint density at radius 1 is 1.17 bits per heavy atom. The number of alkyl halides is 3. The van der Waals surface area contributed by atoms with E-state index in [1.165, 1.54) is 12.1 Å². The Kier molecular flexibility index (Phi) is 4.92. The number of pyridine rings is 1. The van der Waals surface area contributed by atoms with Gasteiger partial charge in [-0.2, -0.15) is 13.2 Å². The van der Waals surface area contributed by atoms with Gasteiger partial charge in [0.05, 0.1) is 5.56 Å². The average Bonchev–Trinajstić information content (AvgIpc) is 2.48. The van der Waals surface area contributed by atoms with Crippen molar-refractivity contribution in [3.8, 4) is 0 Å². The molecule has 0 saturated carbocycles. The maximum absolute atomic E-state index is 13.4. The lowest BCUT2D eigenvalue weighted by Gasteiger charge is -2.11. The van der Waals surface area contributed by atoms with Crippen LogP contribution < -0.4 is 5.32 Å². The Balaban J connectivity index is 2.03. The third-order valence-corrected chi connectivity index (χ3v) is 3.02. The van der Waals surface area contributed by atoms with Crippen LogP contribution in [-0.4, -0.2) is 17.4 Å². The second-order valence-corrected chi connectivity index (χ2v) is 4.64. The molecule has 0 atom stereocenters. The van der Waals surface area contributed by atoms with E-state index in [2.05, 4.69) is 10.3 Å². The quantitative estimate of drug-likeness (QED) is 0.874. The smallest absolute Gasteiger partial charge is 0.352 e. The highest BCUT2D eigenvalue weighted by atomic mass is 19.4. The maximum Gasteiger partial charge on any atom is 0.434 e. The Bertz CT molecular complexity index is 715. The van der Waals surface area contributed by atoms with Gasteiger partial charge in [-0.05, 0) is 30.2 Å². The predicted molar refractivity (Wildman–Crippen MR) is 71.6 cm³/mol. The van der Waals surface area contributed by atoms with E-state index >= 15 is 0 Å². The van der Waals surface area contributed by atoms with Crippen LogP contribution in [0.4, 0.5) is 22.0 Å². The van der Waals surface area contributed by atoms with Crippen molar-refractivity contribution in [3.05, 3.63) is 65.0 Å². The Labute approximate surface area is 128 Å². The van der Waals surface area contributed by atoms with E-state index in [1.807, 2.05) is 0 Å². The van der Waals surface area contributed by atoms with Gasteiger partial charge >= 0.3 is 6.18 Å². The number of amides is 1. The molecule has 0 spiro atoms. The van der Waals surface area contributed by atoms with Gasteiger partial charge in [0, 0.05) is 18.8 Å². The second kappa shape index (κ2) is 6.72. The summed E-state index contributed by atoms with van der Waals surface area (Å²) in [6, 6.07) is 5.18. The fraction of sp³-hybridized carbons (Fsp3) is 0.200. The zero-order chi connectivity index (χ0) is 17.0. The lowest BCUT2D eigenvalue weighted by molar-refractivity contribution is -0.141. The van der Waals surface area contributed by atoms with Crippen molar-refractivity contribution in [1.82, 2.24) is 10.3 Å². The van der Waals surface area contributed by atoms with Crippen LogP contribution in [0, 0.1) is 11.6 Å². The maximum atomic E-state index is 13.4. The topological polar surface area (TPSA) is 42.0 Å². The number of nitrogens with one attached hydrogen (secondary N) is 1. The summed E-state index contributed by atoms with van der Waals surface area (Å²) in [4.78, 5) is 15.0. The van der Waals surface area contributed by atoms with Crippen LogP contribution in [0.3, 0.4) is 0 Å². The molecule has 1 N–H and O–H groups in total. The fourth-order valence-electron chi connectivity index (χ4n) is 1.94. The zero-order valence-electron chi connectivity index (χ0n) is 11.6. The van der Waals surface area contributed by atoms with E-state index in [4.69, 9.17) is 0 Å². The second-order valence-electron chi connectivity index (χ2n) is 4.64. The largest absolute Gasteiger partial charge is 0.434 e. The minimum absolute atomic E-state index is 0.0134. The highest BCUT2D eigenvalue weighted by Gasteiger charge is 2.36. The number of rotatable bonds is 4. The molecule has 0 bridgehead atoms. The Morgan fingerprint density at radius 2 is 1.91 bits per heavy atom. The Hall–Kier alpha value is -2.51. The van der Waals surface area contributed by atoms with Gasteiger partial charge in [-0.25, -0.2) is 8.78 Å². The summed E-state index contributed by atoms with van der Waals surface area (Å²) in [6.07, 6.45) is -3.80. The zero-order valence-corrected chi connectivity index (χ0v) is 11.6. The molecule has 0 fully saturated rings. The minimum Gasteiger partial charge on any atom is -0.352 e. The third kappa shape index (κ3) is 4.24. The number of carbonyl (C=O) groups excluding carboxylic acids is 1. The first kappa shape index (κ1) is 16.9. The standard InChI is InChI=1S/C15H11F5N2O/c16-10-4-3-9(12(17)8-10)5-7-22-14(23)11-2-1-6-21-13(11)15(18,19)20/h1-4,6,8H,5,7H2,(H,22,23). The van der Waals surface area contributed by atoms with Crippen molar-refractivity contribution in [2.24, 2.45) is 0 Å². The SMILES string of the molecule is O=C(NCCc1ccc(F)cc1F)c1cccnc1C(F)(F)F. The van der Waals surface area contributed by atoms with Crippen molar-refractivity contribution < 1.29 is 26.7 Å². The molecule has 0 aliphatic carbocycles. The van der Waals surface area contributed by atoms with Gasteiger partial charge in [0.15, 0.2) is 5.69 Å². The molecular formula is C15H11F5N2O. The van der Waals surface area contributed by atoms with E-state index < -0.39 is 35.0 Å². The predicted octanol–water partition coefficient (Wildman–Crippen LogP) is 3.35. The van der Waals surface area contributed by atoms with Gasteiger partial charge in [-0.3, -0.25) is 9.78 Å². The molecular weight excluding hydrogens is 319 g/mol. The highest BCUT2D eigenvalue weighted by molar-refractivity contribution is 5.95. The van der Waals surface area contributed by atoms with E-state index in [0.717, 1.165) is 18.3 Å². The number of hydrogen-bond acceptors (Lipinski definition) is 2. The van der Waals surface area contributed by atoms with Gasteiger partial charge in [0.1, 0.15) is 11.6 Å². The third-order valence-electron chi connectivity index (χ3n) is 3.02. The number of hydrogen-bond donors (Lipinski definition) is 1. The van der Waals surface area contributed by atoms with Gasteiger partial charge in [0.2, 0.25) is 0 Å². The van der Waals surface area contributed by atoms with Gasteiger partial charge in [-0.1, -0.05) is 6.07 Å². The first-order valence-corrected chi connectivity index (χ1v) is 6.53. The van der Waals surface area contributed by atoms with Crippen molar-refractivity contribution in [2.75, 3.05) is 6.54 Å². The summed E-state index contributed by atoms with van der Waals surface area (Å²) in [5.41, 5.74) is -1.75. The van der Waals surface area contributed by atoms with Crippen molar-refractivity contribution in [2.45, 2.75) is 12.6 Å². The van der Waals surface area contributed by atoms with Gasteiger partial charge in [-0.15, -0.1) is 0 Å². The monoisotopic (exact) mass is 330 g/mol. The van der Waals surface area contributed by atoms with Gasteiger partial charge < -0.3 is 5.32 Å². The van der Waals surface area contributed by atoms with E-state index in [-0.39, 0.29) is 18.5 Å². The van der Waals surface area contributed by atoms with Crippen molar-refractivity contribution in [3.63, 3.8) is 0 Å². The molecule has 3 nitrogen and oxygen atoms in total. The Morgan fingerprint density at radius 3 is 2.57 bits per heavy atom. The lowest BCUT2D eigenvalue weighted by atomic mass is 10.1. The molecule has 1 amide bonds. The van der Waals surface area contributed by atoms with Gasteiger partial charge in [0.25, 0.3) is 5.91 Å². The minimum atomic E-state index is -4.75. The molecule has 122 valence electrons. The summed E-state index contributed by atoms with van der Waals surface area (Å²) in [7, 11) is 0. The molecule has 0 saturated heterocycles. The average molecular weight is 330 g/mol. The summed E-state index contributed by atoms with van der Waals surface area (Å²) >= 11 is 0. The molecule has 1 aromatic carbocycles. The molecule has 23 heavy (non-hydrogen) atoms. The molecule has 1 aromatic heterocycles. The molecule has 0 radical (unpaired) electrons. The number of halogens is 5. The van der Waals surface area contributed by atoms with Crippen LogP contribution in [0.1, 0.15) is 21.6 Å². The van der Waals surface area contributed by atoms with Crippen molar-refractivity contribution in [1.29, 1.82) is 0 Å². The van der Waals surface area contributed by atoms with Crippen molar-refractivity contribution >= 4 is 5.91 Å². The summed E-state index contributed by atoms with van der Waals surface area (Å²) < 4.78 is 64.4. The number of nitrogens with zero attached hydrogens (tertiary/aromatic N) is 1. The fourth-order valence-corrected chi connectivity index (χ4v) is 1.94. The van der Waals surface area contributed by atoms with Crippen LogP contribution >= 0.6 is 0 Å². The lowest BCUT2D eigenvalue weighted by Crippen LogP contribution is -2.28. The molecule has 2 rings (SSSR count). The number of carbonyl (C=O) groups is 1. The normalized spacial score (nSPS) is 11.3. The number of aromatic nitrogens is 1. The van der Waals surface area contributed by atoms with Crippen LogP contribution in [-0.2, 0) is 12.6 Å². The summed E-state index contributed by atoms with van der Waals surface area (Å²) in [6.45, 7) is -0.104. The van der Waals surface area contributed by atoms with Crippen LogP contribution in [0.25, 0.3) is 0 Å². The van der Waals surface area contributed by atoms with E-state index in [1.54, 1.807) is 0 Å². The van der Waals surface area contributed by atoms with E-state index in [9.17, 15) is 26.7 Å². The highest BCUT2D eigenvalue weighted by Crippen LogP contribution is 2.29. The first-order chi connectivity index (χ1) is 10.8. The molecule has 0 aliphatic heterocycles. The molecule has 2 aromatic rings. The molecule has 0 aliphatic rings. The molecule has 1 heterocycles. The molecule has 0 unspecified atom stereocenters. The first-order valence-electron chi connectivity index (χ1n) is 6.53. The summed E-state index contributed by atoms with van der Waals surface area (Å²) in [5, 5.41) is 2.26. The summed E-state index contributed by atoms with van der Waals surface area (Å²) in [5.74, 6) is -2.48. The molecule has 8 heteroatoms. The van der Waals surface area contributed by atoms with E-state index in [0.29, 0.717) is 6.07 Å². The van der Waals surface area contributed by atoms with Crippen LogP contribution in [0.5, 0.6) is 0 Å².